The molecular formula is C23H29N5O3. The number of hydrogen-bond acceptors (Lipinski definition) is 4. The summed E-state index contributed by atoms with van der Waals surface area (Å²) in [6, 6.07) is 9.64. The van der Waals surface area contributed by atoms with E-state index in [4.69, 9.17) is 0 Å². The van der Waals surface area contributed by atoms with Crippen LogP contribution in [0.1, 0.15) is 44.0 Å². The first kappa shape index (κ1) is 21.1. The van der Waals surface area contributed by atoms with E-state index in [1.165, 1.54) is 5.56 Å². The van der Waals surface area contributed by atoms with E-state index in [0.717, 1.165) is 30.0 Å². The van der Waals surface area contributed by atoms with E-state index in [2.05, 4.69) is 27.8 Å². The van der Waals surface area contributed by atoms with E-state index < -0.39 is 11.6 Å². The van der Waals surface area contributed by atoms with Crippen molar-refractivity contribution in [3.63, 3.8) is 0 Å². The molecule has 8 nitrogen and oxygen atoms in total. The van der Waals surface area contributed by atoms with Gasteiger partial charge in [-0.15, -0.1) is 0 Å². The molecule has 1 aliphatic heterocycles. The van der Waals surface area contributed by atoms with Crippen LogP contribution in [-0.2, 0) is 22.6 Å². The second kappa shape index (κ2) is 8.91. The zero-order chi connectivity index (χ0) is 21.8. The molecule has 1 aromatic heterocycles. The van der Waals surface area contributed by atoms with Gasteiger partial charge in [-0.25, -0.2) is 9.78 Å². The first-order valence-electron chi connectivity index (χ1n) is 10.9. The summed E-state index contributed by atoms with van der Waals surface area (Å²) in [5, 5.41) is 5.69. The van der Waals surface area contributed by atoms with Crippen LogP contribution in [0.25, 0.3) is 0 Å². The van der Waals surface area contributed by atoms with Crippen molar-refractivity contribution in [1.29, 1.82) is 0 Å². The molecule has 2 N–H and O–H groups in total. The van der Waals surface area contributed by atoms with Gasteiger partial charge < -0.3 is 15.2 Å². The second-order valence-electron chi connectivity index (χ2n) is 8.50. The topological polar surface area (TPSA) is 96.3 Å². The first-order valence-corrected chi connectivity index (χ1v) is 10.9. The van der Waals surface area contributed by atoms with E-state index in [0.29, 0.717) is 25.9 Å². The minimum absolute atomic E-state index is 0.0780. The summed E-state index contributed by atoms with van der Waals surface area (Å²) in [6.45, 7) is 2.85. The third kappa shape index (κ3) is 4.33. The lowest BCUT2D eigenvalue weighted by Gasteiger charge is -2.36. The molecule has 8 heteroatoms. The Morgan fingerprint density at radius 2 is 2.06 bits per heavy atom. The highest BCUT2D eigenvalue weighted by Crippen LogP contribution is 2.38. The number of urea groups is 1. The molecule has 2 aromatic rings. The Labute approximate surface area is 182 Å². The lowest BCUT2D eigenvalue weighted by molar-refractivity contribution is -0.137. The van der Waals surface area contributed by atoms with Crippen molar-refractivity contribution in [3.8, 4) is 0 Å². The smallest absolute Gasteiger partial charge is 0.325 e. The maximum absolute atomic E-state index is 13.0. The minimum Gasteiger partial charge on any atom is -0.354 e. The number of carbonyl (C=O) groups excluding carboxylic acids is 3. The lowest BCUT2D eigenvalue weighted by Crippen LogP contribution is -2.54. The molecule has 31 heavy (non-hydrogen) atoms. The van der Waals surface area contributed by atoms with Gasteiger partial charge in [-0.2, -0.15) is 0 Å². The first-order chi connectivity index (χ1) is 15.0. The summed E-state index contributed by atoms with van der Waals surface area (Å²) in [5.74, 6) is 0.340. The molecule has 164 valence electrons. The molecule has 1 aliphatic carbocycles. The Morgan fingerprint density at radius 3 is 2.84 bits per heavy atom. The number of hydrogen-bond donors (Lipinski definition) is 2. The highest BCUT2D eigenvalue weighted by atomic mass is 16.2. The number of nitrogens with zero attached hydrogens (tertiary/aromatic N) is 3. The van der Waals surface area contributed by atoms with Gasteiger partial charge in [0.15, 0.2) is 0 Å². The van der Waals surface area contributed by atoms with Gasteiger partial charge in [-0.1, -0.05) is 50.1 Å². The molecule has 4 rings (SSSR count). The molecule has 2 aliphatic rings. The van der Waals surface area contributed by atoms with Crippen LogP contribution in [-0.4, -0.2) is 50.9 Å². The van der Waals surface area contributed by atoms with Gasteiger partial charge in [-0.3, -0.25) is 14.5 Å². The van der Waals surface area contributed by atoms with Crippen LogP contribution in [0, 0.1) is 5.92 Å². The highest BCUT2D eigenvalue weighted by molar-refractivity contribution is 6.09. The van der Waals surface area contributed by atoms with Crippen LogP contribution < -0.4 is 10.6 Å². The summed E-state index contributed by atoms with van der Waals surface area (Å²) in [5.41, 5.74) is 0.341. The third-order valence-corrected chi connectivity index (χ3v) is 6.47. The lowest BCUT2D eigenvalue weighted by atomic mass is 9.73. The average Bonchev–Trinajstić information content (AvgIpc) is 3.29. The number of benzene rings is 1. The Balaban J connectivity index is 1.29. The fraction of sp³-hybridized carbons (Fsp3) is 0.478. The van der Waals surface area contributed by atoms with Crippen LogP contribution in [0.4, 0.5) is 4.79 Å². The van der Waals surface area contributed by atoms with E-state index in [9.17, 15) is 14.4 Å². The van der Waals surface area contributed by atoms with E-state index in [1.807, 2.05) is 35.9 Å². The highest BCUT2D eigenvalue weighted by Gasteiger charge is 2.55. The molecule has 0 radical (unpaired) electrons. The second-order valence-corrected chi connectivity index (χ2v) is 8.50. The van der Waals surface area contributed by atoms with Gasteiger partial charge in [0.25, 0.3) is 5.91 Å². The summed E-state index contributed by atoms with van der Waals surface area (Å²) >= 11 is 0. The summed E-state index contributed by atoms with van der Waals surface area (Å²) in [6.07, 6.45) is 7.74. The number of imidazole rings is 1. The monoisotopic (exact) mass is 423 g/mol. The number of imide groups is 1. The Kier molecular flexibility index (Phi) is 6.06. The minimum atomic E-state index is -0.836. The maximum Gasteiger partial charge on any atom is 0.325 e. The van der Waals surface area contributed by atoms with Crippen molar-refractivity contribution in [2.75, 3.05) is 13.1 Å². The van der Waals surface area contributed by atoms with Gasteiger partial charge in [0.2, 0.25) is 5.91 Å². The van der Waals surface area contributed by atoms with Crippen LogP contribution >= 0.6 is 0 Å². The van der Waals surface area contributed by atoms with Gasteiger partial charge in [0.05, 0.1) is 0 Å². The SMILES string of the molecule is CC1CCCCC12NC(=O)N(CC(=O)NCCc1nccn1Cc1ccccc1)C2=O. The van der Waals surface area contributed by atoms with Crippen molar-refractivity contribution in [2.24, 2.45) is 5.92 Å². The van der Waals surface area contributed by atoms with Crippen molar-refractivity contribution in [1.82, 2.24) is 25.1 Å². The van der Waals surface area contributed by atoms with E-state index >= 15 is 0 Å². The summed E-state index contributed by atoms with van der Waals surface area (Å²) in [7, 11) is 0. The molecule has 2 atom stereocenters. The predicted molar refractivity (Wildman–Crippen MR) is 115 cm³/mol. The van der Waals surface area contributed by atoms with Gasteiger partial charge >= 0.3 is 6.03 Å². The van der Waals surface area contributed by atoms with E-state index in [1.54, 1.807) is 6.20 Å². The average molecular weight is 424 g/mol. The Hall–Kier alpha value is -3.16. The quantitative estimate of drug-likeness (QED) is 0.667. The molecule has 1 saturated carbocycles. The molecule has 1 spiro atoms. The molecule has 2 unspecified atom stereocenters. The van der Waals surface area contributed by atoms with Gasteiger partial charge in [0, 0.05) is 31.9 Å². The number of aromatic nitrogens is 2. The largest absolute Gasteiger partial charge is 0.354 e. The maximum atomic E-state index is 13.0. The molecule has 2 heterocycles. The summed E-state index contributed by atoms with van der Waals surface area (Å²) < 4.78 is 2.05. The van der Waals surface area contributed by atoms with Crippen LogP contribution in [0.3, 0.4) is 0 Å². The molecule has 0 bridgehead atoms. The van der Waals surface area contributed by atoms with Crippen LogP contribution in [0.5, 0.6) is 0 Å². The Bertz CT molecular complexity index is 957. The van der Waals surface area contributed by atoms with Crippen LogP contribution in [0.15, 0.2) is 42.7 Å². The van der Waals surface area contributed by atoms with Crippen molar-refractivity contribution >= 4 is 17.8 Å². The molecular weight excluding hydrogens is 394 g/mol. The van der Waals surface area contributed by atoms with Gasteiger partial charge in [-0.05, 0) is 24.3 Å². The molecule has 1 saturated heterocycles. The van der Waals surface area contributed by atoms with Crippen LogP contribution in [0.2, 0.25) is 0 Å². The number of nitrogens with one attached hydrogen (secondary N) is 2. The molecule has 2 fully saturated rings. The Morgan fingerprint density at radius 1 is 1.26 bits per heavy atom. The normalized spacial score (nSPS) is 23.3. The molecule has 1 aromatic carbocycles. The van der Waals surface area contributed by atoms with Crippen molar-refractivity contribution < 1.29 is 14.4 Å². The fourth-order valence-corrected chi connectivity index (χ4v) is 4.64. The number of carbonyl (C=O) groups is 3. The number of amides is 4. The predicted octanol–water partition coefficient (Wildman–Crippen LogP) is 2.09. The van der Waals surface area contributed by atoms with Gasteiger partial charge in [0.1, 0.15) is 17.9 Å². The van der Waals surface area contributed by atoms with Crippen molar-refractivity contribution in [2.45, 2.75) is 51.1 Å². The number of rotatable bonds is 7. The summed E-state index contributed by atoms with van der Waals surface area (Å²) in [4.78, 5) is 43.3. The standard InChI is InChI=1S/C23H29N5O3/c1-17-7-5-6-11-23(17)21(30)28(22(31)26-23)16-20(29)25-12-10-19-24-13-14-27(19)15-18-8-3-2-4-9-18/h2-4,8-9,13-14,17H,5-7,10-12,15-16H2,1H3,(H,25,29)(H,26,31). The van der Waals surface area contributed by atoms with E-state index in [-0.39, 0.29) is 24.3 Å². The molecule has 4 amide bonds. The third-order valence-electron chi connectivity index (χ3n) is 6.47. The fourth-order valence-electron chi connectivity index (χ4n) is 4.64. The zero-order valence-corrected chi connectivity index (χ0v) is 17.8. The van der Waals surface area contributed by atoms with Crippen molar-refractivity contribution in [3.05, 3.63) is 54.1 Å². The zero-order valence-electron chi connectivity index (χ0n) is 17.8.